The van der Waals surface area contributed by atoms with E-state index in [-0.39, 0.29) is 6.04 Å². The molecule has 0 saturated carbocycles. The summed E-state index contributed by atoms with van der Waals surface area (Å²) in [5.74, 6) is 0. The maximum absolute atomic E-state index is 13.1. The number of nitrogens with two attached hydrogens (primary N) is 1. The summed E-state index contributed by atoms with van der Waals surface area (Å²) in [7, 11) is -3.46. The maximum atomic E-state index is 13.1. The lowest BCUT2D eigenvalue weighted by atomic mass is 10.1. The first-order chi connectivity index (χ1) is 9.91. The van der Waals surface area contributed by atoms with Gasteiger partial charge in [0.1, 0.15) is 0 Å². The number of hydrogen-bond donors (Lipinski definition) is 1. The molecule has 1 aliphatic rings. The third-order valence-corrected chi connectivity index (χ3v) is 6.47. The summed E-state index contributed by atoms with van der Waals surface area (Å²) < 4.78 is 27.8. The average Bonchev–Trinajstić information content (AvgIpc) is 2.46. The highest BCUT2D eigenvalue weighted by Gasteiger charge is 2.32. The fraction of sp³-hybridized carbons (Fsp3) is 0.625. The van der Waals surface area contributed by atoms with E-state index in [1.807, 2.05) is 32.9 Å². The van der Waals surface area contributed by atoms with Crippen LogP contribution in [0.3, 0.4) is 0 Å². The van der Waals surface area contributed by atoms with Crippen LogP contribution in [-0.2, 0) is 22.9 Å². The van der Waals surface area contributed by atoms with Gasteiger partial charge in [0.25, 0.3) is 0 Å². The van der Waals surface area contributed by atoms with E-state index >= 15 is 0 Å². The molecular formula is C16H26N2O2S. The molecule has 2 N–H and O–H groups in total. The van der Waals surface area contributed by atoms with E-state index in [9.17, 15) is 8.42 Å². The van der Waals surface area contributed by atoms with Gasteiger partial charge in [0, 0.05) is 18.3 Å². The van der Waals surface area contributed by atoms with Gasteiger partial charge in [0.05, 0.1) is 4.90 Å². The van der Waals surface area contributed by atoms with Crippen molar-refractivity contribution in [1.82, 2.24) is 4.31 Å². The number of aryl methyl sites for hydroxylation is 1. The topological polar surface area (TPSA) is 63.4 Å². The SMILES string of the molecule is CCc1cc(N)c(CC)c(S(=O)(=O)N2CCCCC2C)c1. The molecule has 0 spiro atoms. The summed E-state index contributed by atoms with van der Waals surface area (Å²) >= 11 is 0. The standard InChI is InChI=1S/C16H26N2O2S/c1-4-13-10-15(17)14(5-2)16(11-13)21(19,20)18-9-7-6-8-12(18)3/h10-12H,4-9,17H2,1-3H3. The molecule has 1 atom stereocenters. The number of nitrogen functional groups attached to an aromatic ring is 1. The van der Waals surface area contributed by atoms with Crippen molar-refractivity contribution in [3.63, 3.8) is 0 Å². The van der Waals surface area contributed by atoms with E-state index in [1.54, 1.807) is 4.31 Å². The molecule has 5 heteroatoms. The Morgan fingerprint density at radius 2 is 1.95 bits per heavy atom. The Morgan fingerprint density at radius 1 is 1.24 bits per heavy atom. The third-order valence-electron chi connectivity index (χ3n) is 4.39. The smallest absolute Gasteiger partial charge is 0.243 e. The molecule has 0 radical (unpaired) electrons. The lowest BCUT2D eigenvalue weighted by Crippen LogP contribution is -2.42. The van der Waals surface area contributed by atoms with Crippen LogP contribution in [0.2, 0.25) is 0 Å². The van der Waals surface area contributed by atoms with Crippen LogP contribution in [0.25, 0.3) is 0 Å². The Labute approximate surface area is 128 Å². The van der Waals surface area contributed by atoms with Crippen LogP contribution in [-0.4, -0.2) is 25.3 Å². The van der Waals surface area contributed by atoms with Crippen LogP contribution in [0, 0.1) is 0 Å². The lowest BCUT2D eigenvalue weighted by Gasteiger charge is -2.33. The molecule has 1 saturated heterocycles. The molecule has 4 nitrogen and oxygen atoms in total. The third kappa shape index (κ3) is 3.09. The van der Waals surface area contributed by atoms with Gasteiger partial charge in [-0.25, -0.2) is 8.42 Å². The first-order valence-electron chi connectivity index (χ1n) is 7.84. The van der Waals surface area contributed by atoms with Crippen LogP contribution < -0.4 is 5.73 Å². The second-order valence-electron chi connectivity index (χ2n) is 5.83. The number of nitrogens with zero attached hydrogens (tertiary/aromatic N) is 1. The van der Waals surface area contributed by atoms with Crippen molar-refractivity contribution >= 4 is 15.7 Å². The van der Waals surface area contributed by atoms with Crippen molar-refractivity contribution < 1.29 is 8.42 Å². The Morgan fingerprint density at radius 3 is 2.52 bits per heavy atom. The minimum absolute atomic E-state index is 0.0694. The van der Waals surface area contributed by atoms with Gasteiger partial charge in [-0.2, -0.15) is 4.31 Å². The molecule has 21 heavy (non-hydrogen) atoms. The fourth-order valence-corrected chi connectivity index (χ4v) is 5.17. The van der Waals surface area contributed by atoms with Crippen molar-refractivity contribution in [2.45, 2.75) is 63.8 Å². The summed E-state index contributed by atoms with van der Waals surface area (Å²) in [6.45, 7) is 6.58. The Bertz CT molecular complexity index is 611. The van der Waals surface area contributed by atoms with Gasteiger partial charge >= 0.3 is 0 Å². The van der Waals surface area contributed by atoms with Gasteiger partial charge in [-0.05, 0) is 55.9 Å². The number of hydrogen-bond acceptors (Lipinski definition) is 3. The molecule has 1 aliphatic heterocycles. The van der Waals surface area contributed by atoms with E-state index in [0.29, 0.717) is 23.5 Å². The summed E-state index contributed by atoms with van der Waals surface area (Å²) in [4.78, 5) is 0.413. The molecule has 1 aromatic rings. The molecule has 1 aromatic carbocycles. The Balaban J connectivity index is 2.55. The quantitative estimate of drug-likeness (QED) is 0.870. The van der Waals surface area contributed by atoms with Gasteiger partial charge in [-0.15, -0.1) is 0 Å². The summed E-state index contributed by atoms with van der Waals surface area (Å²) in [5.41, 5.74) is 8.42. The molecule has 1 heterocycles. The molecule has 1 unspecified atom stereocenters. The molecule has 118 valence electrons. The van der Waals surface area contributed by atoms with Crippen LogP contribution in [0.5, 0.6) is 0 Å². The molecule has 0 aliphatic carbocycles. The minimum atomic E-state index is -3.46. The zero-order valence-electron chi connectivity index (χ0n) is 13.2. The van der Waals surface area contributed by atoms with Crippen LogP contribution in [0.15, 0.2) is 17.0 Å². The lowest BCUT2D eigenvalue weighted by molar-refractivity contribution is 0.268. The molecular weight excluding hydrogens is 284 g/mol. The van der Waals surface area contributed by atoms with Crippen LogP contribution in [0.1, 0.15) is 51.2 Å². The molecule has 0 aromatic heterocycles. The maximum Gasteiger partial charge on any atom is 0.243 e. The Kier molecular flexibility index (Phi) is 4.94. The monoisotopic (exact) mass is 310 g/mol. The number of anilines is 1. The van der Waals surface area contributed by atoms with Crippen LogP contribution in [0.4, 0.5) is 5.69 Å². The first-order valence-corrected chi connectivity index (χ1v) is 9.28. The number of piperidine rings is 1. The van der Waals surface area contributed by atoms with Crippen molar-refractivity contribution in [3.8, 4) is 0 Å². The first kappa shape index (κ1) is 16.3. The van der Waals surface area contributed by atoms with Gasteiger partial charge in [0.2, 0.25) is 10.0 Å². The highest BCUT2D eigenvalue weighted by Crippen LogP contribution is 2.31. The van der Waals surface area contributed by atoms with Gasteiger partial charge < -0.3 is 5.73 Å². The zero-order chi connectivity index (χ0) is 15.6. The van der Waals surface area contributed by atoms with Crippen LogP contribution >= 0.6 is 0 Å². The minimum Gasteiger partial charge on any atom is -0.398 e. The second kappa shape index (κ2) is 6.36. The van der Waals surface area contributed by atoms with Crippen molar-refractivity contribution in [2.24, 2.45) is 0 Å². The number of benzene rings is 1. The zero-order valence-corrected chi connectivity index (χ0v) is 14.0. The van der Waals surface area contributed by atoms with Gasteiger partial charge in [-0.1, -0.05) is 20.3 Å². The number of sulfonamides is 1. The molecule has 2 rings (SSSR count). The largest absolute Gasteiger partial charge is 0.398 e. The van der Waals surface area contributed by atoms with E-state index in [4.69, 9.17) is 5.73 Å². The predicted octanol–water partition coefficient (Wildman–Crippen LogP) is 2.96. The average molecular weight is 310 g/mol. The van der Waals surface area contributed by atoms with Crippen molar-refractivity contribution in [3.05, 3.63) is 23.3 Å². The van der Waals surface area contributed by atoms with E-state index in [0.717, 1.165) is 36.8 Å². The molecule has 0 amide bonds. The second-order valence-corrected chi connectivity index (χ2v) is 7.69. The number of rotatable bonds is 4. The fourth-order valence-electron chi connectivity index (χ4n) is 3.09. The summed E-state index contributed by atoms with van der Waals surface area (Å²) in [6, 6.07) is 3.78. The normalized spacial score (nSPS) is 20.6. The Hall–Kier alpha value is -1.07. The summed E-state index contributed by atoms with van der Waals surface area (Å²) in [6.07, 6.45) is 4.39. The highest BCUT2D eigenvalue weighted by atomic mass is 32.2. The highest BCUT2D eigenvalue weighted by molar-refractivity contribution is 7.89. The van der Waals surface area contributed by atoms with Crippen molar-refractivity contribution in [2.75, 3.05) is 12.3 Å². The summed E-state index contributed by atoms with van der Waals surface area (Å²) in [5, 5.41) is 0. The predicted molar refractivity (Wildman–Crippen MR) is 86.8 cm³/mol. The van der Waals surface area contributed by atoms with E-state index in [2.05, 4.69) is 0 Å². The molecule has 1 fully saturated rings. The van der Waals surface area contributed by atoms with E-state index in [1.165, 1.54) is 0 Å². The van der Waals surface area contributed by atoms with Gasteiger partial charge in [0.15, 0.2) is 0 Å². The van der Waals surface area contributed by atoms with Crippen molar-refractivity contribution in [1.29, 1.82) is 0 Å². The van der Waals surface area contributed by atoms with Gasteiger partial charge in [-0.3, -0.25) is 0 Å². The molecule has 0 bridgehead atoms. The van der Waals surface area contributed by atoms with E-state index < -0.39 is 10.0 Å².